The number of carboxylic acids is 1. The smallest absolute Gasteiger partial charge is 0.308 e. The minimum absolute atomic E-state index is 0.115. The second kappa shape index (κ2) is 7.96. The Morgan fingerprint density at radius 3 is 2.75 bits per heavy atom. The summed E-state index contributed by atoms with van der Waals surface area (Å²) >= 11 is 1.34. The van der Waals surface area contributed by atoms with Crippen molar-refractivity contribution in [3.63, 3.8) is 0 Å². The van der Waals surface area contributed by atoms with Crippen LogP contribution in [-0.4, -0.2) is 35.6 Å². The summed E-state index contributed by atoms with van der Waals surface area (Å²) in [4.78, 5) is 27.1. The van der Waals surface area contributed by atoms with Gasteiger partial charge in [-0.05, 0) is 12.3 Å². The summed E-state index contributed by atoms with van der Waals surface area (Å²) in [6.07, 6.45) is 0.529. The van der Waals surface area contributed by atoms with Crippen molar-refractivity contribution < 1.29 is 19.4 Å². The van der Waals surface area contributed by atoms with Crippen molar-refractivity contribution >= 4 is 23.2 Å². The van der Waals surface area contributed by atoms with Crippen LogP contribution in [0.4, 0.5) is 0 Å². The first kappa shape index (κ1) is 16.6. The van der Waals surface area contributed by atoms with Gasteiger partial charge in [-0.1, -0.05) is 13.8 Å². The van der Waals surface area contributed by atoms with E-state index in [0.717, 1.165) is 5.01 Å². The van der Waals surface area contributed by atoms with Gasteiger partial charge in [0.05, 0.1) is 12.5 Å². The molecule has 0 saturated heterocycles. The number of hydrogen-bond acceptors (Lipinski definition) is 5. The highest BCUT2D eigenvalue weighted by Crippen LogP contribution is 2.13. The number of carboxylic acid groups (broad SMARTS) is 1. The van der Waals surface area contributed by atoms with Crippen LogP contribution in [0.3, 0.4) is 0 Å². The maximum atomic E-state index is 11.9. The van der Waals surface area contributed by atoms with Crippen LogP contribution >= 0.6 is 11.3 Å². The molecule has 0 aliphatic rings. The second-order valence-corrected chi connectivity index (χ2v) is 5.88. The number of amides is 1. The molecule has 0 spiro atoms. The van der Waals surface area contributed by atoms with Crippen LogP contribution in [0.5, 0.6) is 0 Å². The number of aromatic nitrogens is 1. The third-order valence-corrected chi connectivity index (χ3v) is 3.49. The summed E-state index contributed by atoms with van der Waals surface area (Å²) in [6, 6.07) is 0. The third kappa shape index (κ3) is 5.26. The molecule has 0 fully saturated rings. The largest absolute Gasteiger partial charge is 0.481 e. The van der Waals surface area contributed by atoms with Crippen molar-refractivity contribution in [3.05, 3.63) is 16.1 Å². The van der Waals surface area contributed by atoms with Crippen LogP contribution < -0.4 is 5.32 Å². The lowest BCUT2D eigenvalue weighted by atomic mass is 9.97. The van der Waals surface area contributed by atoms with E-state index in [1.54, 1.807) is 12.5 Å². The fourth-order valence-corrected chi connectivity index (χ4v) is 2.50. The summed E-state index contributed by atoms with van der Waals surface area (Å²) in [5.74, 6) is -1.55. The molecule has 1 amide bonds. The Kier molecular flexibility index (Phi) is 6.60. The number of ether oxygens (including phenoxy) is 1. The lowest BCUT2D eigenvalue weighted by Crippen LogP contribution is -2.33. The summed E-state index contributed by atoms with van der Waals surface area (Å²) in [5.41, 5.74) is 0.302. The molecule has 1 rings (SSSR count). The molecule has 0 aromatic carbocycles. The molecular weight excluding hydrogens is 280 g/mol. The van der Waals surface area contributed by atoms with Gasteiger partial charge in [-0.15, -0.1) is 11.3 Å². The number of rotatable bonds is 8. The van der Waals surface area contributed by atoms with Crippen LogP contribution in [0.25, 0.3) is 0 Å². The van der Waals surface area contributed by atoms with E-state index in [9.17, 15) is 9.59 Å². The molecule has 112 valence electrons. The molecule has 1 heterocycles. The van der Waals surface area contributed by atoms with E-state index in [-0.39, 0.29) is 18.4 Å². The van der Waals surface area contributed by atoms with Gasteiger partial charge in [-0.25, -0.2) is 4.98 Å². The number of nitrogens with zero attached hydrogens (tertiary/aromatic N) is 1. The Balaban J connectivity index is 2.53. The van der Waals surface area contributed by atoms with E-state index in [4.69, 9.17) is 9.84 Å². The molecule has 0 radical (unpaired) electrons. The SMILES string of the molecule is COCc1nc(C(=O)NCC(CC(C)C)C(=O)O)cs1. The first-order chi connectivity index (χ1) is 9.43. The molecule has 0 aliphatic carbocycles. The molecule has 1 atom stereocenters. The van der Waals surface area contributed by atoms with E-state index in [0.29, 0.717) is 18.7 Å². The summed E-state index contributed by atoms with van der Waals surface area (Å²) in [7, 11) is 1.56. The predicted molar refractivity (Wildman–Crippen MR) is 75.7 cm³/mol. The van der Waals surface area contributed by atoms with E-state index in [2.05, 4.69) is 10.3 Å². The predicted octanol–water partition coefficient (Wildman–Crippen LogP) is 1.77. The lowest BCUT2D eigenvalue weighted by molar-refractivity contribution is -0.142. The van der Waals surface area contributed by atoms with Crippen LogP contribution in [0, 0.1) is 11.8 Å². The molecule has 2 N–H and O–H groups in total. The highest BCUT2D eigenvalue weighted by atomic mass is 32.1. The molecule has 0 aliphatic heterocycles. The van der Waals surface area contributed by atoms with E-state index < -0.39 is 11.9 Å². The van der Waals surface area contributed by atoms with Crippen molar-refractivity contribution in [2.24, 2.45) is 11.8 Å². The maximum Gasteiger partial charge on any atom is 0.308 e. The number of aliphatic carboxylic acids is 1. The minimum Gasteiger partial charge on any atom is -0.481 e. The quantitative estimate of drug-likeness (QED) is 0.764. The number of methoxy groups -OCH3 is 1. The van der Waals surface area contributed by atoms with E-state index >= 15 is 0 Å². The Labute approximate surface area is 122 Å². The Morgan fingerprint density at radius 2 is 2.20 bits per heavy atom. The number of thiazole rings is 1. The zero-order valence-corrected chi connectivity index (χ0v) is 12.7. The van der Waals surface area contributed by atoms with Crippen molar-refractivity contribution in [1.82, 2.24) is 10.3 Å². The van der Waals surface area contributed by atoms with Crippen molar-refractivity contribution in [1.29, 1.82) is 0 Å². The molecule has 0 bridgehead atoms. The number of carbonyl (C=O) groups is 2. The van der Waals surface area contributed by atoms with Gasteiger partial charge >= 0.3 is 5.97 Å². The lowest BCUT2D eigenvalue weighted by Gasteiger charge is -2.14. The summed E-state index contributed by atoms with van der Waals surface area (Å²) in [6.45, 7) is 4.39. The maximum absolute atomic E-state index is 11.9. The van der Waals surface area contributed by atoms with Crippen molar-refractivity contribution in [3.8, 4) is 0 Å². The Hall–Kier alpha value is -1.47. The van der Waals surface area contributed by atoms with Crippen molar-refractivity contribution in [2.45, 2.75) is 26.9 Å². The first-order valence-corrected chi connectivity index (χ1v) is 7.26. The topological polar surface area (TPSA) is 88.5 Å². The molecule has 1 aromatic rings. The van der Waals surface area contributed by atoms with Gasteiger partial charge in [0.1, 0.15) is 10.7 Å². The van der Waals surface area contributed by atoms with E-state index in [1.165, 1.54) is 11.3 Å². The Bertz CT molecular complexity index is 459. The van der Waals surface area contributed by atoms with Gasteiger partial charge in [0.25, 0.3) is 5.91 Å². The molecule has 1 unspecified atom stereocenters. The zero-order chi connectivity index (χ0) is 15.1. The molecular formula is C13H20N2O4S. The molecule has 20 heavy (non-hydrogen) atoms. The van der Waals surface area contributed by atoms with Gasteiger partial charge in [-0.3, -0.25) is 9.59 Å². The van der Waals surface area contributed by atoms with Gasteiger partial charge in [0.15, 0.2) is 0 Å². The zero-order valence-electron chi connectivity index (χ0n) is 11.9. The van der Waals surface area contributed by atoms with Gasteiger partial charge in [0, 0.05) is 19.0 Å². The summed E-state index contributed by atoms with van der Waals surface area (Å²) < 4.78 is 4.93. The normalized spacial score (nSPS) is 12.4. The average Bonchev–Trinajstić information content (AvgIpc) is 2.82. The summed E-state index contributed by atoms with van der Waals surface area (Å²) in [5, 5.41) is 14.1. The highest BCUT2D eigenvalue weighted by molar-refractivity contribution is 7.09. The molecule has 7 heteroatoms. The second-order valence-electron chi connectivity index (χ2n) is 4.93. The third-order valence-electron chi connectivity index (χ3n) is 2.67. The van der Waals surface area contributed by atoms with Crippen LogP contribution in [-0.2, 0) is 16.1 Å². The van der Waals surface area contributed by atoms with Gasteiger partial charge in [0.2, 0.25) is 0 Å². The molecule has 1 aromatic heterocycles. The van der Waals surface area contributed by atoms with E-state index in [1.807, 2.05) is 13.8 Å². The standard InChI is InChI=1S/C13H20N2O4S/c1-8(2)4-9(13(17)18)5-14-12(16)10-7-20-11(15-10)6-19-3/h7-9H,4-6H2,1-3H3,(H,14,16)(H,17,18). The number of nitrogens with one attached hydrogen (secondary N) is 1. The first-order valence-electron chi connectivity index (χ1n) is 6.38. The number of hydrogen-bond donors (Lipinski definition) is 2. The van der Waals surface area contributed by atoms with Crippen LogP contribution in [0.2, 0.25) is 0 Å². The monoisotopic (exact) mass is 300 g/mol. The average molecular weight is 300 g/mol. The Morgan fingerprint density at radius 1 is 1.50 bits per heavy atom. The molecule has 6 nitrogen and oxygen atoms in total. The van der Waals surface area contributed by atoms with Crippen LogP contribution in [0.15, 0.2) is 5.38 Å². The van der Waals surface area contributed by atoms with Gasteiger partial charge < -0.3 is 15.2 Å². The molecule has 0 saturated carbocycles. The number of carbonyl (C=O) groups excluding carboxylic acids is 1. The van der Waals surface area contributed by atoms with Gasteiger partial charge in [-0.2, -0.15) is 0 Å². The van der Waals surface area contributed by atoms with Crippen LogP contribution in [0.1, 0.15) is 35.8 Å². The fourth-order valence-electron chi connectivity index (χ4n) is 1.75. The van der Waals surface area contributed by atoms with Crippen molar-refractivity contribution in [2.75, 3.05) is 13.7 Å². The minimum atomic E-state index is -0.891. The fraction of sp³-hybridized carbons (Fsp3) is 0.615. The highest BCUT2D eigenvalue weighted by Gasteiger charge is 2.20.